The molecule has 0 unspecified atom stereocenters. The Hall–Kier alpha value is -2.09. The normalized spacial score (nSPS) is 13.0. The van der Waals surface area contributed by atoms with Gasteiger partial charge < -0.3 is 4.90 Å². The predicted molar refractivity (Wildman–Crippen MR) is 90.2 cm³/mol. The highest BCUT2D eigenvalue weighted by molar-refractivity contribution is 5.94. The van der Waals surface area contributed by atoms with Gasteiger partial charge in [-0.15, -0.1) is 0 Å². The Morgan fingerprint density at radius 3 is 2.59 bits per heavy atom. The molecule has 1 amide bonds. The maximum absolute atomic E-state index is 12.7. The molecule has 0 saturated carbocycles. The number of amides is 1. The molecule has 1 aliphatic rings. The summed E-state index contributed by atoms with van der Waals surface area (Å²) in [6, 6.07) is 12.6. The molecular weight excluding hydrogens is 270 g/mol. The summed E-state index contributed by atoms with van der Waals surface area (Å²) in [5, 5.41) is 0. The maximum atomic E-state index is 12.7. The fourth-order valence-corrected chi connectivity index (χ4v) is 3.28. The fraction of sp³-hybridized carbons (Fsp3) is 0.350. The van der Waals surface area contributed by atoms with Crippen LogP contribution >= 0.6 is 0 Å². The number of fused-ring (bicyclic) bond motifs is 1. The second-order valence-electron chi connectivity index (χ2n) is 6.43. The van der Waals surface area contributed by atoms with Crippen molar-refractivity contribution in [2.45, 2.75) is 39.7 Å². The summed E-state index contributed by atoms with van der Waals surface area (Å²) < 4.78 is 0. The van der Waals surface area contributed by atoms with Crippen LogP contribution in [0.2, 0.25) is 0 Å². The molecule has 0 fully saturated rings. The van der Waals surface area contributed by atoms with Gasteiger partial charge in [0.05, 0.1) is 0 Å². The molecular formula is C20H23NO. The van der Waals surface area contributed by atoms with Crippen LogP contribution in [0.15, 0.2) is 36.4 Å². The lowest BCUT2D eigenvalue weighted by molar-refractivity contribution is 0.0785. The monoisotopic (exact) mass is 293 g/mol. The third kappa shape index (κ3) is 2.92. The summed E-state index contributed by atoms with van der Waals surface area (Å²) in [4.78, 5) is 14.5. The molecule has 0 saturated heterocycles. The van der Waals surface area contributed by atoms with Crippen LogP contribution in [0.25, 0.3) is 0 Å². The maximum Gasteiger partial charge on any atom is 0.253 e. The summed E-state index contributed by atoms with van der Waals surface area (Å²) in [5.74, 6) is 0.106. The molecule has 0 N–H and O–H groups in total. The van der Waals surface area contributed by atoms with E-state index in [1.54, 1.807) is 0 Å². The van der Waals surface area contributed by atoms with E-state index in [0.29, 0.717) is 6.54 Å². The largest absolute Gasteiger partial charge is 0.337 e. The predicted octanol–water partition coefficient (Wildman–Crippen LogP) is 4.06. The van der Waals surface area contributed by atoms with Crippen LogP contribution in [0.5, 0.6) is 0 Å². The summed E-state index contributed by atoms with van der Waals surface area (Å²) in [6.07, 6.45) is 3.48. The molecule has 2 nitrogen and oxygen atoms in total. The van der Waals surface area contributed by atoms with Crippen molar-refractivity contribution in [1.29, 1.82) is 0 Å². The van der Waals surface area contributed by atoms with Crippen molar-refractivity contribution in [3.63, 3.8) is 0 Å². The van der Waals surface area contributed by atoms with Crippen molar-refractivity contribution in [3.8, 4) is 0 Å². The quantitative estimate of drug-likeness (QED) is 0.835. The molecule has 2 heteroatoms. The smallest absolute Gasteiger partial charge is 0.253 e. The van der Waals surface area contributed by atoms with E-state index >= 15 is 0 Å². The van der Waals surface area contributed by atoms with Crippen molar-refractivity contribution >= 4 is 5.91 Å². The number of aryl methyl sites for hydroxylation is 4. The number of hydrogen-bond acceptors (Lipinski definition) is 1. The van der Waals surface area contributed by atoms with Crippen LogP contribution in [-0.4, -0.2) is 17.9 Å². The summed E-state index contributed by atoms with van der Waals surface area (Å²) in [6.45, 7) is 4.86. The Balaban J connectivity index is 1.77. The van der Waals surface area contributed by atoms with Crippen LogP contribution in [0.1, 0.15) is 44.6 Å². The van der Waals surface area contributed by atoms with Gasteiger partial charge in [-0.2, -0.15) is 0 Å². The Labute approximate surface area is 132 Å². The Kier molecular flexibility index (Phi) is 4.02. The number of hydrogen-bond donors (Lipinski definition) is 0. The van der Waals surface area contributed by atoms with Crippen LogP contribution in [0.3, 0.4) is 0 Å². The van der Waals surface area contributed by atoms with Gasteiger partial charge in [0.15, 0.2) is 0 Å². The van der Waals surface area contributed by atoms with E-state index in [1.165, 1.54) is 34.2 Å². The van der Waals surface area contributed by atoms with E-state index in [4.69, 9.17) is 0 Å². The van der Waals surface area contributed by atoms with Crippen LogP contribution in [-0.2, 0) is 19.4 Å². The molecule has 114 valence electrons. The molecule has 0 radical (unpaired) electrons. The van der Waals surface area contributed by atoms with Crippen molar-refractivity contribution in [3.05, 3.63) is 69.8 Å². The number of benzene rings is 2. The minimum absolute atomic E-state index is 0.106. The molecule has 22 heavy (non-hydrogen) atoms. The number of rotatable bonds is 3. The second kappa shape index (κ2) is 5.96. The van der Waals surface area contributed by atoms with Gasteiger partial charge in [-0.25, -0.2) is 0 Å². The SMILES string of the molecule is Cc1ccc(CN(C)C(=O)c2ccc3c(c2)CCC3)c(C)c1. The number of carbonyl (C=O) groups excluding carboxylic acids is 1. The lowest BCUT2D eigenvalue weighted by Gasteiger charge is -2.19. The summed E-state index contributed by atoms with van der Waals surface area (Å²) in [5.41, 5.74) is 7.29. The Morgan fingerprint density at radius 2 is 1.82 bits per heavy atom. The van der Waals surface area contributed by atoms with E-state index in [9.17, 15) is 4.79 Å². The molecule has 1 aliphatic carbocycles. The highest BCUT2D eigenvalue weighted by Crippen LogP contribution is 2.23. The first kappa shape index (κ1) is 14.8. The Morgan fingerprint density at radius 1 is 1.05 bits per heavy atom. The van der Waals surface area contributed by atoms with Gasteiger partial charge in [-0.05, 0) is 67.5 Å². The first-order valence-electron chi connectivity index (χ1n) is 7.98. The summed E-state index contributed by atoms with van der Waals surface area (Å²) in [7, 11) is 1.88. The second-order valence-corrected chi connectivity index (χ2v) is 6.43. The highest BCUT2D eigenvalue weighted by atomic mass is 16.2. The summed E-state index contributed by atoms with van der Waals surface area (Å²) >= 11 is 0. The third-order valence-corrected chi connectivity index (χ3v) is 4.60. The van der Waals surface area contributed by atoms with Crippen molar-refractivity contribution < 1.29 is 4.79 Å². The van der Waals surface area contributed by atoms with E-state index in [2.05, 4.69) is 44.2 Å². The number of nitrogens with zero attached hydrogens (tertiary/aromatic N) is 1. The lowest BCUT2D eigenvalue weighted by Crippen LogP contribution is -2.26. The topological polar surface area (TPSA) is 20.3 Å². The van der Waals surface area contributed by atoms with E-state index in [0.717, 1.165) is 18.4 Å². The van der Waals surface area contributed by atoms with Gasteiger partial charge in [-0.3, -0.25) is 4.79 Å². The third-order valence-electron chi connectivity index (χ3n) is 4.60. The van der Waals surface area contributed by atoms with Crippen LogP contribution in [0, 0.1) is 13.8 Å². The molecule has 0 spiro atoms. The zero-order valence-corrected chi connectivity index (χ0v) is 13.6. The van der Waals surface area contributed by atoms with Gasteiger partial charge in [0.1, 0.15) is 0 Å². The molecule has 0 atom stereocenters. The minimum atomic E-state index is 0.106. The Bertz CT molecular complexity index is 718. The van der Waals surface area contributed by atoms with Gasteiger partial charge >= 0.3 is 0 Å². The minimum Gasteiger partial charge on any atom is -0.337 e. The fourth-order valence-electron chi connectivity index (χ4n) is 3.28. The van der Waals surface area contributed by atoms with Gasteiger partial charge in [-0.1, -0.05) is 29.8 Å². The molecule has 0 aromatic heterocycles. The molecule has 3 rings (SSSR count). The molecule has 0 bridgehead atoms. The first-order valence-corrected chi connectivity index (χ1v) is 7.98. The first-order chi connectivity index (χ1) is 10.5. The van der Waals surface area contributed by atoms with Gasteiger partial charge in [0.25, 0.3) is 5.91 Å². The zero-order chi connectivity index (χ0) is 15.7. The van der Waals surface area contributed by atoms with Crippen molar-refractivity contribution in [2.24, 2.45) is 0 Å². The van der Waals surface area contributed by atoms with Crippen molar-refractivity contribution in [2.75, 3.05) is 7.05 Å². The van der Waals surface area contributed by atoms with Gasteiger partial charge in [0, 0.05) is 19.2 Å². The average Bonchev–Trinajstić information content (AvgIpc) is 2.96. The molecule has 0 aliphatic heterocycles. The number of carbonyl (C=O) groups is 1. The van der Waals surface area contributed by atoms with Gasteiger partial charge in [0.2, 0.25) is 0 Å². The zero-order valence-electron chi connectivity index (χ0n) is 13.6. The lowest BCUT2D eigenvalue weighted by atomic mass is 10.0. The van der Waals surface area contributed by atoms with E-state index < -0.39 is 0 Å². The van der Waals surface area contributed by atoms with Crippen molar-refractivity contribution in [1.82, 2.24) is 4.90 Å². The molecule has 0 heterocycles. The van der Waals surface area contributed by atoms with E-state index in [1.807, 2.05) is 18.0 Å². The van der Waals surface area contributed by atoms with Crippen LogP contribution in [0.4, 0.5) is 0 Å². The van der Waals surface area contributed by atoms with E-state index in [-0.39, 0.29) is 5.91 Å². The standard InChI is InChI=1S/C20H23NO/c1-14-7-8-19(15(2)11-14)13-21(3)20(22)18-10-9-16-5-4-6-17(16)12-18/h7-12H,4-6,13H2,1-3H3. The molecule has 2 aromatic carbocycles. The molecule has 2 aromatic rings. The highest BCUT2D eigenvalue weighted by Gasteiger charge is 2.17. The average molecular weight is 293 g/mol. The van der Waals surface area contributed by atoms with Crippen LogP contribution < -0.4 is 0 Å².